The number of carbonyl (C=O) groups is 2. The highest BCUT2D eigenvalue weighted by molar-refractivity contribution is 7.99. The monoisotopic (exact) mass is 326 g/mol. The summed E-state index contributed by atoms with van der Waals surface area (Å²) < 4.78 is 0. The zero-order valence-corrected chi connectivity index (χ0v) is 14.0. The predicted molar refractivity (Wildman–Crippen MR) is 88.0 cm³/mol. The summed E-state index contributed by atoms with van der Waals surface area (Å²) in [5.74, 6) is 2.33. The first-order chi connectivity index (χ1) is 10.6. The van der Waals surface area contributed by atoms with Crippen LogP contribution in [-0.2, 0) is 4.79 Å². The van der Waals surface area contributed by atoms with Gasteiger partial charge < -0.3 is 5.32 Å². The van der Waals surface area contributed by atoms with Gasteiger partial charge in [0.1, 0.15) is 0 Å². The molecule has 22 heavy (non-hydrogen) atoms. The lowest BCUT2D eigenvalue weighted by Gasteiger charge is -2.39. The van der Waals surface area contributed by atoms with Crippen molar-refractivity contribution in [3.05, 3.63) is 0 Å². The normalized spacial score (nSPS) is 28.3. The van der Waals surface area contributed by atoms with E-state index in [9.17, 15) is 9.59 Å². The van der Waals surface area contributed by atoms with Gasteiger partial charge in [0, 0.05) is 44.0 Å². The summed E-state index contributed by atoms with van der Waals surface area (Å²) in [5, 5.41) is 5.25. The maximum Gasteiger partial charge on any atom is 0.321 e. The fraction of sp³-hybridized carbons (Fsp3) is 0.867. The Hall–Kier alpha value is -0.790. The molecule has 3 fully saturated rings. The van der Waals surface area contributed by atoms with E-state index in [1.165, 1.54) is 17.9 Å². The Morgan fingerprint density at radius 2 is 1.86 bits per heavy atom. The first-order valence-electron chi connectivity index (χ1n) is 8.30. The fourth-order valence-corrected chi connectivity index (χ4v) is 4.39. The van der Waals surface area contributed by atoms with E-state index in [4.69, 9.17) is 0 Å². The van der Waals surface area contributed by atoms with E-state index in [2.05, 4.69) is 20.4 Å². The van der Waals surface area contributed by atoms with Crippen molar-refractivity contribution in [1.29, 1.82) is 0 Å². The van der Waals surface area contributed by atoms with Gasteiger partial charge in [-0.3, -0.25) is 19.9 Å². The van der Waals surface area contributed by atoms with Crippen LogP contribution < -0.4 is 10.6 Å². The van der Waals surface area contributed by atoms with E-state index in [1.54, 1.807) is 0 Å². The number of thioether (sulfide) groups is 1. The van der Waals surface area contributed by atoms with Crippen molar-refractivity contribution in [2.45, 2.75) is 44.3 Å². The van der Waals surface area contributed by atoms with E-state index in [0.717, 1.165) is 45.1 Å². The quantitative estimate of drug-likeness (QED) is 0.787. The minimum absolute atomic E-state index is 0.192. The van der Waals surface area contributed by atoms with Gasteiger partial charge in [0.2, 0.25) is 5.91 Å². The fourth-order valence-electron chi connectivity index (χ4n) is 3.13. The highest BCUT2D eigenvalue weighted by Crippen LogP contribution is 2.23. The maximum absolute atomic E-state index is 12.2. The van der Waals surface area contributed by atoms with Gasteiger partial charge in [-0.2, -0.15) is 11.8 Å². The van der Waals surface area contributed by atoms with Gasteiger partial charge in [0.25, 0.3) is 0 Å². The van der Waals surface area contributed by atoms with Crippen LogP contribution in [0.3, 0.4) is 0 Å². The molecule has 7 heteroatoms. The molecule has 3 aliphatic rings. The van der Waals surface area contributed by atoms with Gasteiger partial charge in [-0.25, -0.2) is 4.79 Å². The Kier molecular flexibility index (Phi) is 5.25. The molecule has 2 N–H and O–H groups in total. The molecule has 0 unspecified atom stereocenters. The third-order valence-electron chi connectivity index (χ3n) is 4.85. The molecule has 0 radical (unpaired) electrons. The Labute approximate surface area is 136 Å². The number of hydrogen-bond donors (Lipinski definition) is 2. The molecule has 3 amide bonds. The highest BCUT2D eigenvalue weighted by atomic mass is 32.2. The summed E-state index contributed by atoms with van der Waals surface area (Å²) in [6, 6.07) is 0.405. The third kappa shape index (κ3) is 4.14. The molecule has 124 valence electrons. The van der Waals surface area contributed by atoms with Crippen LogP contribution in [0.4, 0.5) is 4.79 Å². The van der Waals surface area contributed by atoms with Crippen molar-refractivity contribution in [3.8, 4) is 0 Å². The summed E-state index contributed by atoms with van der Waals surface area (Å²) in [4.78, 5) is 28.5. The summed E-state index contributed by atoms with van der Waals surface area (Å²) in [6.45, 7) is 5.75. The van der Waals surface area contributed by atoms with Crippen LogP contribution in [-0.4, -0.2) is 77.5 Å². The molecule has 0 bridgehead atoms. The van der Waals surface area contributed by atoms with Crippen molar-refractivity contribution in [2.75, 3.05) is 37.7 Å². The number of hydrogen-bond acceptors (Lipinski definition) is 5. The van der Waals surface area contributed by atoms with Crippen LogP contribution >= 0.6 is 11.8 Å². The predicted octanol–water partition coefficient (Wildman–Crippen LogP) is 0.486. The average Bonchev–Trinajstić information content (AvgIpc) is 3.16. The molecule has 2 aliphatic heterocycles. The van der Waals surface area contributed by atoms with E-state index in [-0.39, 0.29) is 24.0 Å². The number of rotatable bonds is 4. The average molecular weight is 326 g/mol. The smallest absolute Gasteiger partial charge is 0.321 e. The van der Waals surface area contributed by atoms with Gasteiger partial charge >= 0.3 is 6.03 Å². The van der Waals surface area contributed by atoms with Crippen LogP contribution in [0.25, 0.3) is 0 Å². The van der Waals surface area contributed by atoms with Gasteiger partial charge in [-0.05, 0) is 31.9 Å². The van der Waals surface area contributed by atoms with Gasteiger partial charge in [0.15, 0.2) is 0 Å². The van der Waals surface area contributed by atoms with E-state index in [1.807, 2.05) is 18.7 Å². The molecule has 1 saturated carbocycles. The molecule has 0 aromatic heterocycles. The summed E-state index contributed by atoms with van der Waals surface area (Å²) in [7, 11) is 0. The van der Waals surface area contributed by atoms with Crippen LogP contribution in [0, 0.1) is 0 Å². The first kappa shape index (κ1) is 16.1. The zero-order valence-electron chi connectivity index (χ0n) is 13.2. The molecule has 2 atom stereocenters. The van der Waals surface area contributed by atoms with Crippen LogP contribution in [0.1, 0.15) is 26.2 Å². The number of carbonyl (C=O) groups excluding carboxylic acids is 2. The molecule has 0 spiro atoms. The van der Waals surface area contributed by atoms with E-state index >= 15 is 0 Å². The summed E-state index contributed by atoms with van der Waals surface area (Å²) in [5.41, 5.74) is 0. The molecule has 0 aromatic rings. The molecule has 2 heterocycles. The molecule has 2 saturated heterocycles. The van der Waals surface area contributed by atoms with Crippen LogP contribution in [0.2, 0.25) is 0 Å². The van der Waals surface area contributed by atoms with Crippen molar-refractivity contribution in [2.24, 2.45) is 0 Å². The van der Waals surface area contributed by atoms with Gasteiger partial charge in [0.05, 0.1) is 6.04 Å². The first-order valence-corrected chi connectivity index (χ1v) is 9.46. The van der Waals surface area contributed by atoms with Crippen LogP contribution in [0.15, 0.2) is 0 Å². The maximum atomic E-state index is 12.2. The Morgan fingerprint density at radius 1 is 1.14 bits per heavy atom. The number of amides is 3. The molecular formula is C15H26N4O2S. The zero-order chi connectivity index (χ0) is 15.5. The molecule has 0 aromatic carbocycles. The second-order valence-corrected chi connectivity index (χ2v) is 7.65. The lowest BCUT2D eigenvalue weighted by Crippen LogP contribution is -2.57. The summed E-state index contributed by atoms with van der Waals surface area (Å²) in [6.07, 6.45) is 3.35. The Bertz CT molecular complexity index is 416. The number of imide groups is 1. The standard InChI is InChI=1S/C15H26N4O2S/c1-11(14(20)17-15(21)16-12-2-3-12)18-5-7-19(8-6-18)13-4-9-22-10-13/h11-13H,2-10H2,1H3,(H2,16,17,20,21)/t11-,13+/m0/s1. The number of nitrogens with one attached hydrogen (secondary N) is 2. The number of nitrogens with zero attached hydrogens (tertiary/aromatic N) is 2. The van der Waals surface area contributed by atoms with Crippen molar-refractivity contribution in [1.82, 2.24) is 20.4 Å². The Morgan fingerprint density at radius 3 is 2.45 bits per heavy atom. The Balaban J connectivity index is 1.41. The minimum Gasteiger partial charge on any atom is -0.335 e. The molecular weight excluding hydrogens is 300 g/mol. The SMILES string of the molecule is C[C@@H](C(=O)NC(=O)NC1CC1)N1CCN([C@@H]2CCSC2)CC1. The number of piperazine rings is 1. The van der Waals surface area contributed by atoms with Crippen LogP contribution in [0.5, 0.6) is 0 Å². The van der Waals surface area contributed by atoms with Crippen molar-refractivity contribution in [3.63, 3.8) is 0 Å². The minimum atomic E-state index is -0.346. The topological polar surface area (TPSA) is 64.7 Å². The second kappa shape index (κ2) is 7.19. The lowest BCUT2D eigenvalue weighted by atomic mass is 10.1. The van der Waals surface area contributed by atoms with E-state index < -0.39 is 0 Å². The summed E-state index contributed by atoms with van der Waals surface area (Å²) >= 11 is 2.04. The van der Waals surface area contributed by atoms with Crippen molar-refractivity contribution >= 4 is 23.7 Å². The van der Waals surface area contributed by atoms with Gasteiger partial charge in [-0.1, -0.05) is 0 Å². The highest BCUT2D eigenvalue weighted by Gasteiger charge is 2.31. The molecule has 6 nitrogen and oxygen atoms in total. The lowest BCUT2D eigenvalue weighted by molar-refractivity contribution is -0.125. The molecule has 1 aliphatic carbocycles. The van der Waals surface area contributed by atoms with Gasteiger partial charge in [-0.15, -0.1) is 0 Å². The third-order valence-corrected chi connectivity index (χ3v) is 5.99. The number of urea groups is 1. The van der Waals surface area contributed by atoms with Crippen molar-refractivity contribution < 1.29 is 9.59 Å². The molecule has 3 rings (SSSR count). The second-order valence-electron chi connectivity index (χ2n) is 6.50. The van der Waals surface area contributed by atoms with E-state index in [0.29, 0.717) is 0 Å². The largest absolute Gasteiger partial charge is 0.335 e.